The zero-order valence-electron chi connectivity index (χ0n) is 12.2. The third kappa shape index (κ3) is 2.15. The molecule has 0 saturated heterocycles. The van der Waals surface area contributed by atoms with Crippen LogP contribution in [-0.2, 0) is 6.54 Å². The predicted octanol–water partition coefficient (Wildman–Crippen LogP) is 4.99. The molecule has 0 atom stereocenters. The summed E-state index contributed by atoms with van der Waals surface area (Å²) in [6, 6.07) is 15.0. The lowest BCUT2D eigenvalue weighted by Gasteiger charge is -2.07. The lowest BCUT2D eigenvalue weighted by atomic mass is 10.1. The van der Waals surface area contributed by atoms with Crippen molar-refractivity contribution in [3.63, 3.8) is 0 Å². The third-order valence-corrected chi connectivity index (χ3v) is 3.96. The van der Waals surface area contributed by atoms with Crippen molar-refractivity contribution in [1.29, 1.82) is 0 Å². The fourth-order valence-electron chi connectivity index (χ4n) is 2.92. The number of hydrogen-bond donors (Lipinski definition) is 0. The maximum absolute atomic E-state index is 5.37. The molecule has 0 spiro atoms. The van der Waals surface area contributed by atoms with Crippen molar-refractivity contribution >= 4 is 21.8 Å². The lowest BCUT2D eigenvalue weighted by Crippen LogP contribution is -1.97. The maximum atomic E-state index is 5.37. The number of aryl methyl sites for hydroxylation is 1. The van der Waals surface area contributed by atoms with Gasteiger partial charge in [0.15, 0.2) is 0 Å². The largest absolute Gasteiger partial charge is 0.497 e. The molecule has 3 rings (SSSR count). The minimum absolute atomic E-state index is 0.925. The molecule has 0 aliphatic rings. The van der Waals surface area contributed by atoms with Crippen molar-refractivity contribution in [2.45, 2.75) is 32.7 Å². The first-order valence-corrected chi connectivity index (χ1v) is 7.40. The molecule has 20 heavy (non-hydrogen) atoms. The number of methoxy groups -OCH3 is 1. The van der Waals surface area contributed by atoms with E-state index in [4.69, 9.17) is 4.74 Å². The first-order chi connectivity index (χ1) is 9.85. The summed E-state index contributed by atoms with van der Waals surface area (Å²) in [7, 11) is 1.72. The monoisotopic (exact) mass is 267 g/mol. The van der Waals surface area contributed by atoms with Crippen molar-refractivity contribution in [2.75, 3.05) is 7.11 Å². The van der Waals surface area contributed by atoms with Crippen LogP contribution in [0.4, 0.5) is 0 Å². The van der Waals surface area contributed by atoms with Crippen LogP contribution in [0, 0.1) is 0 Å². The first-order valence-electron chi connectivity index (χ1n) is 7.40. The quantitative estimate of drug-likeness (QED) is 0.594. The van der Waals surface area contributed by atoms with E-state index in [9.17, 15) is 0 Å². The number of fused-ring (bicyclic) bond motifs is 3. The summed E-state index contributed by atoms with van der Waals surface area (Å²) in [4.78, 5) is 0. The highest BCUT2D eigenvalue weighted by atomic mass is 16.5. The molecule has 0 aliphatic heterocycles. The van der Waals surface area contributed by atoms with E-state index in [0.717, 1.165) is 12.3 Å². The molecule has 0 radical (unpaired) electrons. The van der Waals surface area contributed by atoms with E-state index in [1.807, 2.05) is 0 Å². The zero-order valence-corrected chi connectivity index (χ0v) is 12.2. The normalized spacial score (nSPS) is 11.3. The highest BCUT2D eigenvalue weighted by molar-refractivity contribution is 6.08. The predicted molar refractivity (Wildman–Crippen MR) is 85.5 cm³/mol. The molecule has 0 bridgehead atoms. The third-order valence-electron chi connectivity index (χ3n) is 3.96. The summed E-state index contributed by atoms with van der Waals surface area (Å²) in [5.41, 5.74) is 2.63. The molecule has 2 heteroatoms. The van der Waals surface area contributed by atoms with E-state index in [-0.39, 0.29) is 0 Å². The minimum atomic E-state index is 0.925. The number of rotatable bonds is 5. The van der Waals surface area contributed by atoms with Gasteiger partial charge in [0.2, 0.25) is 0 Å². The van der Waals surface area contributed by atoms with Crippen molar-refractivity contribution in [3.05, 3.63) is 42.5 Å². The fourth-order valence-corrected chi connectivity index (χ4v) is 2.92. The van der Waals surface area contributed by atoms with Crippen LogP contribution in [0.1, 0.15) is 26.2 Å². The van der Waals surface area contributed by atoms with Gasteiger partial charge in [0.05, 0.1) is 7.11 Å². The molecule has 2 nitrogen and oxygen atoms in total. The fraction of sp³-hybridized carbons (Fsp3) is 0.333. The molecule has 104 valence electrons. The van der Waals surface area contributed by atoms with Gasteiger partial charge in [-0.05, 0) is 30.7 Å². The lowest BCUT2D eigenvalue weighted by molar-refractivity contribution is 0.415. The summed E-state index contributed by atoms with van der Waals surface area (Å²) in [6.07, 6.45) is 3.77. The van der Waals surface area contributed by atoms with Gasteiger partial charge in [-0.1, -0.05) is 38.0 Å². The summed E-state index contributed by atoms with van der Waals surface area (Å²) in [5.74, 6) is 0.925. The Kier molecular flexibility index (Phi) is 3.64. The Hall–Kier alpha value is -1.96. The van der Waals surface area contributed by atoms with Gasteiger partial charge in [0, 0.05) is 28.4 Å². The number of nitrogens with zero attached hydrogens (tertiary/aromatic N) is 1. The topological polar surface area (TPSA) is 14.2 Å². The van der Waals surface area contributed by atoms with E-state index in [1.165, 1.54) is 41.1 Å². The Morgan fingerprint density at radius 2 is 1.75 bits per heavy atom. The highest BCUT2D eigenvalue weighted by Crippen LogP contribution is 2.31. The van der Waals surface area contributed by atoms with Crippen LogP contribution in [0.5, 0.6) is 5.75 Å². The summed E-state index contributed by atoms with van der Waals surface area (Å²) in [5, 5.41) is 2.61. The average Bonchev–Trinajstić information content (AvgIpc) is 2.81. The highest BCUT2D eigenvalue weighted by Gasteiger charge is 2.10. The molecule has 2 aromatic carbocycles. The van der Waals surface area contributed by atoms with E-state index in [1.54, 1.807) is 7.11 Å². The molecule has 3 aromatic rings. The van der Waals surface area contributed by atoms with Gasteiger partial charge in [-0.25, -0.2) is 0 Å². The van der Waals surface area contributed by atoms with E-state index < -0.39 is 0 Å². The standard InChI is InChI=1S/C18H21NO/c1-3-4-7-12-19-17-9-6-5-8-15(17)16-13-14(20-2)10-11-18(16)19/h5-6,8-11,13H,3-4,7,12H2,1-2H3. The average molecular weight is 267 g/mol. The van der Waals surface area contributed by atoms with Crippen molar-refractivity contribution in [1.82, 2.24) is 4.57 Å². The van der Waals surface area contributed by atoms with Crippen molar-refractivity contribution in [2.24, 2.45) is 0 Å². The molecule has 0 fully saturated rings. The van der Waals surface area contributed by atoms with Crippen molar-refractivity contribution in [3.8, 4) is 5.75 Å². The molecular weight excluding hydrogens is 246 g/mol. The van der Waals surface area contributed by atoms with E-state index in [2.05, 4.69) is 54.0 Å². The second kappa shape index (κ2) is 5.58. The second-order valence-electron chi connectivity index (χ2n) is 5.26. The molecule has 0 saturated carbocycles. The number of para-hydroxylation sites is 1. The van der Waals surface area contributed by atoms with Crippen LogP contribution in [0.15, 0.2) is 42.5 Å². The van der Waals surface area contributed by atoms with Crippen LogP contribution < -0.4 is 4.74 Å². The first kappa shape index (κ1) is 13.0. The van der Waals surface area contributed by atoms with Gasteiger partial charge in [-0.3, -0.25) is 0 Å². The Morgan fingerprint density at radius 1 is 0.950 bits per heavy atom. The van der Waals surface area contributed by atoms with E-state index in [0.29, 0.717) is 0 Å². The van der Waals surface area contributed by atoms with Gasteiger partial charge in [-0.2, -0.15) is 0 Å². The number of benzene rings is 2. The molecule has 0 aliphatic carbocycles. The molecule has 0 unspecified atom stereocenters. The zero-order chi connectivity index (χ0) is 13.9. The SMILES string of the molecule is CCCCCn1c2ccccc2c2cc(OC)ccc21. The number of ether oxygens (including phenoxy) is 1. The van der Waals surface area contributed by atoms with Crippen LogP contribution in [0.25, 0.3) is 21.8 Å². The van der Waals surface area contributed by atoms with Crippen LogP contribution >= 0.6 is 0 Å². The molecule has 1 aromatic heterocycles. The molecule has 1 heterocycles. The second-order valence-corrected chi connectivity index (χ2v) is 5.26. The number of unbranched alkanes of at least 4 members (excludes halogenated alkanes) is 2. The summed E-state index contributed by atoms with van der Waals surface area (Å²) in [6.45, 7) is 3.33. The van der Waals surface area contributed by atoms with Gasteiger partial charge in [-0.15, -0.1) is 0 Å². The van der Waals surface area contributed by atoms with Crippen LogP contribution in [0.3, 0.4) is 0 Å². The van der Waals surface area contributed by atoms with Crippen molar-refractivity contribution < 1.29 is 4.74 Å². The van der Waals surface area contributed by atoms with Crippen LogP contribution in [0.2, 0.25) is 0 Å². The smallest absolute Gasteiger partial charge is 0.119 e. The Balaban J connectivity index is 2.19. The van der Waals surface area contributed by atoms with Gasteiger partial charge < -0.3 is 9.30 Å². The molecule has 0 N–H and O–H groups in total. The Labute approximate surface area is 120 Å². The Morgan fingerprint density at radius 3 is 2.55 bits per heavy atom. The molecular formula is C18H21NO. The number of aromatic nitrogens is 1. The van der Waals surface area contributed by atoms with Gasteiger partial charge in [0.25, 0.3) is 0 Å². The van der Waals surface area contributed by atoms with Crippen LogP contribution in [-0.4, -0.2) is 11.7 Å². The maximum Gasteiger partial charge on any atom is 0.119 e. The Bertz CT molecular complexity index is 727. The van der Waals surface area contributed by atoms with Gasteiger partial charge >= 0.3 is 0 Å². The van der Waals surface area contributed by atoms with E-state index >= 15 is 0 Å². The number of hydrogen-bond acceptors (Lipinski definition) is 1. The minimum Gasteiger partial charge on any atom is -0.497 e. The molecule has 0 amide bonds. The summed E-state index contributed by atoms with van der Waals surface area (Å²) < 4.78 is 7.81. The van der Waals surface area contributed by atoms with Gasteiger partial charge in [0.1, 0.15) is 5.75 Å². The summed E-state index contributed by atoms with van der Waals surface area (Å²) >= 11 is 0.